The number of hydrogen-bond acceptors (Lipinski definition) is 2. The monoisotopic (exact) mass is 328 g/mol. The van der Waals surface area contributed by atoms with Crippen molar-refractivity contribution in [3.05, 3.63) is 47.5 Å². The van der Waals surface area contributed by atoms with E-state index in [9.17, 15) is 4.79 Å². The summed E-state index contributed by atoms with van der Waals surface area (Å²) in [5, 5.41) is 9.69. The van der Waals surface area contributed by atoms with Crippen LogP contribution in [0.15, 0.2) is 41.4 Å². The highest BCUT2D eigenvalue weighted by Crippen LogP contribution is 2.10. The van der Waals surface area contributed by atoms with Crippen molar-refractivity contribution in [1.82, 2.24) is 16.0 Å². The first kappa shape index (κ1) is 18.0. The zero-order valence-corrected chi connectivity index (χ0v) is 15.0. The van der Waals surface area contributed by atoms with Crippen LogP contribution in [0.4, 0.5) is 0 Å². The molecule has 1 aliphatic carbocycles. The maximum absolute atomic E-state index is 12.3. The van der Waals surface area contributed by atoms with Gasteiger partial charge < -0.3 is 16.0 Å². The lowest BCUT2D eigenvalue weighted by Crippen LogP contribution is -2.42. The molecule has 0 saturated heterocycles. The molecule has 130 valence electrons. The molecule has 0 spiro atoms. The number of guanidine groups is 1. The summed E-state index contributed by atoms with van der Waals surface area (Å²) in [6.07, 6.45) is 6.43. The Bertz CT molecular complexity index is 620. The minimum atomic E-state index is -0.243. The summed E-state index contributed by atoms with van der Waals surface area (Å²) < 4.78 is 0. The molecule has 0 aliphatic heterocycles. The van der Waals surface area contributed by atoms with Crippen LogP contribution in [0.5, 0.6) is 0 Å². The Balaban J connectivity index is 1.92. The van der Waals surface area contributed by atoms with E-state index in [1.165, 1.54) is 0 Å². The van der Waals surface area contributed by atoms with Gasteiger partial charge in [-0.1, -0.05) is 24.3 Å². The van der Waals surface area contributed by atoms with Gasteiger partial charge in [-0.3, -0.25) is 9.79 Å². The molecule has 5 nitrogen and oxygen atoms in total. The van der Waals surface area contributed by atoms with E-state index in [2.05, 4.69) is 33.1 Å². The quantitative estimate of drug-likeness (QED) is 0.452. The van der Waals surface area contributed by atoms with E-state index in [-0.39, 0.29) is 11.4 Å². The van der Waals surface area contributed by atoms with Gasteiger partial charge in [0.1, 0.15) is 0 Å². The number of nitrogens with one attached hydrogen (secondary N) is 3. The molecule has 0 bridgehead atoms. The summed E-state index contributed by atoms with van der Waals surface area (Å²) in [6, 6.07) is 8.08. The molecule has 1 aliphatic rings. The maximum Gasteiger partial charge on any atom is 0.251 e. The summed E-state index contributed by atoms with van der Waals surface area (Å²) in [6.45, 7) is 6.55. The lowest BCUT2D eigenvalue weighted by atomic mass is 10.1. The number of rotatable bonds is 4. The number of amides is 1. The normalized spacial score (nSPS) is 15.4. The molecule has 1 aromatic carbocycles. The first-order chi connectivity index (χ1) is 11.4. The van der Waals surface area contributed by atoms with Crippen molar-refractivity contribution in [2.75, 3.05) is 7.05 Å². The molecular weight excluding hydrogens is 300 g/mol. The third-order valence-corrected chi connectivity index (χ3v) is 3.71. The topological polar surface area (TPSA) is 65.5 Å². The lowest BCUT2D eigenvalue weighted by Gasteiger charge is -2.21. The van der Waals surface area contributed by atoms with Crippen molar-refractivity contribution >= 4 is 11.9 Å². The van der Waals surface area contributed by atoms with Crippen LogP contribution in [0.2, 0.25) is 0 Å². The second-order valence-electron chi connectivity index (χ2n) is 7.11. The average Bonchev–Trinajstić information content (AvgIpc) is 3.03. The van der Waals surface area contributed by atoms with E-state index in [4.69, 9.17) is 0 Å². The lowest BCUT2D eigenvalue weighted by molar-refractivity contribution is 0.0919. The van der Waals surface area contributed by atoms with Crippen molar-refractivity contribution in [3.8, 4) is 0 Å². The van der Waals surface area contributed by atoms with Gasteiger partial charge in [0.2, 0.25) is 0 Å². The van der Waals surface area contributed by atoms with Crippen LogP contribution in [0.1, 0.15) is 49.5 Å². The number of nitrogens with zero attached hydrogens (tertiary/aromatic N) is 1. The highest BCUT2D eigenvalue weighted by Gasteiger charge is 2.15. The minimum Gasteiger partial charge on any atom is -0.353 e. The number of carbonyl (C=O) groups is 1. The Morgan fingerprint density at radius 3 is 2.58 bits per heavy atom. The largest absolute Gasteiger partial charge is 0.353 e. The van der Waals surface area contributed by atoms with Gasteiger partial charge >= 0.3 is 0 Å². The minimum absolute atomic E-state index is 0.0520. The zero-order chi connectivity index (χ0) is 17.6. The van der Waals surface area contributed by atoms with Crippen LogP contribution in [0.25, 0.3) is 0 Å². The van der Waals surface area contributed by atoms with Crippen LogP contribution in [0, 0.1) is 0 Å². The van der Waals surface area contributed by atoms with Crippen LogP contribution in [-0.2, 0) is 6.54 Å². The van der Waals surface area contributed by atoms with E-state index in [1.54, 1.807) is 7.05 Å². The molecule has 5 heteroatoms. The molecule has 0 fully saturated rings. The molecule has 0 unspecified atom stereocenters. The van der Waals surface area contributed by atoms with Crippen molar-refractivity contribution in [3.63, 3.8) is 0 Å². The fourth-order valence-corrected chi connectivity index (χ4v) is 2.54. The average molecular weight is 328 g/mol. The van der Waals surface area contributed by atoms with Crippen LogP contribution in [-0.4, -0.2) is 30.5 Å². The molecule has 0 radical (unpaired) electrons. The molecule has 3 N–H and O–H groups in total. The van der Waals surface area contributed by atoms with Crippen molar-refractivity contribution < 1.29 is 4.79 Å². The predicted octanol–water partition coefficient (Wildman–Crippen LogP) is 2.60. The van der Waals surface area contributed by atoms with Gasteiger partial charge in [-0.15, -0.1) is 0 Å². The number of aliphatic imine (C=N–C) groups is 1. The van der Waals surface area contributed by atoms with Crippen LogP contribution >= 0.6 is 0 Å². The van der Waals surface area contributed by atoms with Crippen LogP contribution < -0.4 is 16.0 Å². The van der Waals surface area contributed by atoms with E-state index in [0.717, 1.165) is 24.4 Å². The molecule has 0 aromatic heterocycles. The van der Waals surface area contributed by atoms with Gasteiger partial charge in [-0.25, -0.2) is 0 Å². The van der Waals surface area contributed by atoms with Gasteiger partial charge in [0.25, 0.3) is 5.91 Å². The first-order valence-electron chi connectivity index (χ1n) is 8.41. The Kier molecular flexibility index (Phi) is 6.01. The van der Waals surface area contributed by atoms with Gasteiger partial charge in [0.15, 0.2) is 5.96 Å². The highest BCUT2D eigenvalue weighted by atomic mass is 16.1. The van der Waals surface area contributed by atoms with Crippen molar-refractivity contribution in [1.29, 1.82) is 0 Å². The summed E-state index contributed by atoms with van der Waals surface area (Å²) in [4.78, 5) is 16.5. The standard InChI is InChI=1S/C19H28N4O/c1-19(2,3)23-17(24)15-9-7-8-14(12-15)13-21-18(20-4)22-16-10-5-6-11-16/h5-9,12,16H,10-11,13H2,1-4H3,(H,23,24)(H2,20,21,22). The van der Waals surface area contributed by atoms with Gasteiger partial charge in [0, 0.05) is 30.7 Å². The van der Waals surface area contributed by atoms with E-state index in [0.29, 0.717) is 18.2 Å². The highest BCUT2D eigenvalue weighted by molar-refractivity contribution is 5.94. The van der Waals surface area contributed by atoms with Gasteiger partial charge in [0.05, 0.1) is 0 Å². The molecule has 0 saturated carbocycles. The summed E-state index contributed by atoms with van der Waals surface area (Å²) in [5.74, 6) is 0.733. The van der Waals surface area contributed by atoms with E-state index in [1.807, 2.05) is 45.0 Å². The van der Waals surface area contributed by atoms with Gasteiger partial charge in [-0.05, 0) is 51.3 Å². The molecule has 2 rings (SSSR count). The zero-order valence-electron chi connectivity index (χ0n) is 15.0. The number of hydrogen-bond donors (Lipinski definition) is 3. The maximum atomic E-state index is 12.3. The fourth-order valence-electron chi connectivity index (χ4n) is 2.54. The molecule has 0 heterocycles. The Labute approximate surface area is 144 Å². The molecular formula is C19H28N4O. The van der Waals surface area contributed by atoms with E-state index >= 15 is 0 Å². The number of carbonyl (C=O) groups excluding carboxylic acids is 1. The number of benzene rings is 1. The third kappa shape index (κ3) is 5.72. The molecule has 1 aromatic rings. The van der Waals surface area contributed by atoms with Crippen molar-refractivity contribution in [2.24, 2.45) is 4.99 Å². The summed E-state index contributed by atoms with van der Waals surface area (Å²) in [5.41, 5.74) is 1.48. The Morgan fingerprint density at radius 1 is 1.25 bits per heavy atom. The third-order valence-electron chi connectivity index (χ3n) is 3.71. The van der Waals surface area contributed by atoms with Crippen LogP contribution in [0.3, 0.4) is 0 Å². The summed E-state index contributed by atoms with van der Waals surface area (Å²) in [7, 11) is 1.77. The van der Waals surface area contributed by atoms with Crippen molar-refractivity contribution in [2.45, 2.75) is 51.7 Å². The second-order valence-corrected chi connectivity index (χ2v) is 7.11. The predicted molar refractivity (Wildman–Crippen MR) is 99.2 cm³/mol. The first-order valence-corrected chi connectivity index (χ1v) is 8.41. The molecule has 1 amide bonds. The second kappa shape index (κ2) is 7.99. The van der Waals surface area contributed by atoms with E-state index < -0.39 is 0 Å². The smallest absolute Gasteiger partial charge is 0.251 e. The fraction of sp³-hybridized carbons (Fsp3) is 0.474. The van der Waals surface area contributed by atoms with Gasteiger partial charge in [-0.2, -0.15) is 0 Å². The Hall–Kier alpha value is -2.30. The molecule has 0 atom stereocenters. The SMILES string of the molecule is CN=C(NCc1cccc(C(=O)NC(C)(C)C)c1)NC1CC=CC1. The Morgan fingerprint density at radius 2 is 1.96 bits per heavy atom. The summed E-state index contributed by atoms with van der Waals surface area (Å²) >= 11 is 0. The molecule has 24 heavy (non-hydrogen) atoms.